The first kappa shape index (κ1) is 20.9. The van der Waals surface area contributed by atoms with Crippen molar-refractivity contribution in [2.24, 2.45) is 0 Å². The van der Waals surface area contributed by atoms with Gasteiger partial charge in [0.2, 0.25) is 0 Å². The molecule has 5 nitrogen and oxygen atoms in total. The monoisotopic (exact) mass is 433 g/mol. The van der Waals surface area contributed by atoms with E-state index in [0.29, 0.717) is 17.0 Å². The number of ketones is 1. The number of aliphatic hydroxyl groups excluding tert-OH is 1. The number of anilines is 1. The number of carbonyl (C=O) groups excluding carboxylic acids is 2. The van der Waals surface area contributed by atoms with Crippen molar-refractivity contribution in [3.05, 3.63) is 87.6 Å². The molecular weight excluding hydrogens is 410 g/mol. The van der Waals surface area contributed by atoms with Gasteiger partial charge in [-0.15, -0.1) is 11.3 Å². The zero-order chi connectivity index (χ0) is 22.1. The van der Waals surface area contributed by atoms with Gasteiger partial charge in [0, 0.05) is 16.1 Å². The molecule has 4 rings (SSSR count). The van der Waals surface area contributed by atoms with E-state index < -0.39 is 17.7 Å². The summed E-state index contributed by atoms with van der Waals surface area (Å²) < 4.78 is 5.43. The predicted molar refractivity (Wildman–Crippen MR) is 123 cm³/mol. The zero-order valence-electron chi connectivity index (χ0n) is 17.5. The Morgan fingerprint density at radius 2 is 1.81 bits per heavy atom. The molecule has 0 aliphatic carbocycles. The number of amides is 1. The van der Waals surface area contributed by atoms with Crippen LogP contribution in [0, 0.1) is 0 Å². The Kier molecular flexibility index (Phi) is 5.65. The SMILES string of the molecule is COc1ccc(/C(O)=C2/C(=O)C(=O)N(c3ccccc3)C2c2cccs2)cc1C(C)C. The van der Waals surface area contributed by atoms with Crippen LogP contribution in [0.5, 0.6) is 5.75 Å². The molecule has 158 valence electrons. The summed E-state index contributed by atoms with van der Waals surface area (Å²) in [6, 6.07) is 17.4. The number of methoxy groups -OCH3 is 1. The Hall–Kier alpha value is -3.38. The summed E-state index contributed by atoms with van der Waals surface area (Å²) in [7, 11) is 1.60. The van der Waals surface area contributed by atoms with Crippen LogP contribution in [0.15, 0.2) is 71.6 Å². The molecular formula is C25H23NO4S. The minimum atomic E-state index is -0.693. The Morgan fingerprint density at radius 3 is 2.42 bits per heavy atom. The predicted octanol–water partition coefficient (Wildman–Crippen LogP) is 5.51. The van der Waals surface area contributed by atoms with E-state index in [0.717, 1.165) is 10.4 Å². The van der Waals surface area contributed by atoms with Crippen molar-refractivity contribution >= 4 is 34.5 Å². The van der Waals surface area contributed by atoms with Gasteiger partial charge in [-0.25, -0.2) is 0 Å². The third kappa shape index (κ3) is 3.64. The van der Waals surface area contributed by atoms with E-state index in [-0.39, 0.29) is 17.3 Å². The minimum Gasteiger partial charge on any atom is -0.507 e. The lowest BCUT2D eigenvalue weighted by Gasteiger charge is -2.24. The highest BCUT2D eigenvalue weighted by atomic mass is 32.1. The molecule has 1 saturated heterocycles. The van der Waals surface area contributed by atoms with Crippen LogP contribution >= 0.6 is 11.3 Å². The summed E-state index contributed by atoms with van der Waals surface area (Å²) in [5.41, 5.74) is 2.10. The normalized spacial score (nSPS) is 18.1. The Balaban J connectivity index is 1.91. The second-order valence-corrected chi connectivity index (χ2v) is 8.61. The Morgan fingerprint density at radius 1 is 1.06 bits per heavy atom. The third-order valence-corrected chi connectivity index (χ3v) is 6.34. The number of carbonyl (C=O) groups is 2. The summed E-state index contributed by atoms with van der Waals surface area (Å²) in [6.45, 7) is 4.06. The van der Waals surface area contributed by atoms with Crippen LogP contribution in [0.1, 0.15) is 41.8 Å². The van der Waals surface area contributed by atoms with Crippen molar-refractivity contribution in [1.82, 2.24) is 0 Å². The van der Waals surface area contributed by atoms with Crippen LogP contribution in [0.3, 0.4) is 0 Å². The first-order chi connectivity index (χ1) is 14.9. The highest BCUT2D eigenvalue weighted by Crippen LogP contribution is 2.44. The quantitative estimate of drug-likeness (QED) is 0.327. The maximum Gasteiger partial charge on any atom is 0.300 e. The van der Waals surface area contributed by atoms with Gasteiger partial charge in [0.1, 0.15) is 17.6 Å². The van der Waals surface area contributed by atoms with Crippen LogP contribution in [0.4, 0.5) is 5.69 Å². The van der Waals surface area contributed by atoms with Gasteiger partial charge < -0.3 is 9.84 Å². The van der Waals surface area contributed by atoms with Crippen LogP contribution in [-0.2, 0) is 9.59 Å². The van der Waals surface area contributed by atoms with Gasteiger partial charge in [-0.3, -0.25) is 14.5 Å². The fourth-order valence-corrected chi connectivity index (χ4v) is 4.72. The van der Waals surface area contributed by atoms with Gasteiger partial charge in [-0.1, -0.05) is 38.1 Å². The molecule has 0 radical (unpaired) electrons. The van der Waals surface area contributed by atoms with Crippen LogP contribution in [-0.4, -0.2) is 23.9 Å². The molecule has 1 aromatic heterocycles. The van der Waals surface area contributed by atoms with Gasteiger partial charge in [0.05, 0.1) is 12.7 Å². The number of ether oxygens (including phenoxy) is 1. The van der Waals surface area contributed by atoms with Gasteiger partial charge in [0.25, 0.3) is 11.7 Å². The van der Waals surface area contributed by atoms with E-state index in [2.05, 4.69) is 0 Å². The number of rotatable bonds is 5. The lowest BCUT2D eigenvalue weighted by atomic mass is 9.95. The standard InChI is InChI=1S/C25H23NO4S/c1-15(2)18-14-16(11-12-19(18)30-3)23(27)21-22(20-10-7-13-31-20)26(25(29)24(21)28)17-8-5-4-6-9-17/h4-15,22,27H,1-3H3/b23-21-. The largest absolute Gasteiger partial charge is 0.507 e. The lowest BCUT2D eigenvalue weighted by Crippen LogP contribution is -2.29. The molecule has 2 heterocycles. The molecule has 1 aliphatic heterocycles. The first-order valence-electron chi connectivity index (χ1n) is 10.0. The van der Waals surface area contributed by atoms with Gasteiger partial charge >= 0.3 is 0 Å². The average Bonchev–Trinajstić information content (AvgIpc) is 3.40. The molecule has 3 aromatic rings. The molecule has 0 saturated carbocycles. The highest BCUT2D eigenvalue weighted by molar-refractivity contribution is 7.10. The van der Waals surface area contributed by atoms with Gasteiger partial charge in [-0.05, 0) is 53.3 Å². The number of para-hydroxylation sites is 1. The van der Waals surface area contributed by atoms with Crippen molar-refractivity contribution in [2.45, 2.75) is 25.8 Å². The summed E-state index contributed by atoms with van der Waals surface area (Å²) in [6.07, 6.45) is 0. The van der Waals surface area contributed by atoms with Gasteiger partial charge in [-0.2, -0.15) is 0 Å². The van der Waals surface area contributed by atoms with E-state index >= 15 is 0 Å². The smallest absolute Gasteiger partial charge is 0.300 e. The Bertz CT molecular complexity index is 1150. The summed E-state index contributed by atoms with van der Waals surface area (Å²) in [5.74, 6) is -0.654. The molecule has 6 heteroatoms. The number of Topliss-reactive ketones (excluding diaryl/α,β-unsaturated/α-hetero) is 1. The summed E-state index contributed by atoms with van der Waals surface area (Å²) in [4.78, 5) is 28.4. The Labute approximate surface area is 185 Å². The molecule has 2 aromatic carbocycles. The third-order valence-electron chi connectivity index (χ3n) is 5.42. The van der Waals surface area contributed by atoms with E-state index in [9.17, 15) is 14.7 Å². The van der Waals surface area contributed by atoms with Crippen LogP contribution < -0.4 is 9.64 Å². The average molecular weight is 434 g/mol. The maximum absolute atomic E-state index is 13.1. The van der Waals surface area contributed by atoms with E-state index in [1.165, 1.54) is 16.2 Å². The van der Waals surface area contributed by atoms with Crippen molar-refractivity contribution in [3.8, 4) is 5.75 Å². The molecule has 1 aliphatic rings. The second-order valence-electron chi connectivity index (χ2n) is 7.63. The lowest BCUT2D eigenvalue weighted by molar-refractivity contribution is -0.132. The van der Waals surface area contributed by atoms with Crippen molar-refractivity contribution in [2.75, 3.05) is 12.0 Å². The van der Waals surface area contributed by atoms with E-state index in [4.69, 9.17) is 4.74 Å². The number of aliphatic hydroxyl groups is 1. The summed E-state index contributed by atoms with van der Waals surface area (Å²) >= 11 is 1.44. The molecule has 1 unspecified atom stereocenters. The van der Waals surface area contributed by atoms with Crippen molar-refractivity contribution < 1.29 is 19.4 Å². The molecule has 1 fully saturated rings. The second kappa shape index (κ2) is 8.40. The minimum absolute atomic E-state index is 0.0937. The van der Waals surface area contributed by atoms with Crippen LogP contribution in [0.25, 0.3) is 5.76 Å². The number of hydrogen-bond donors (Lipinski definition) is 1. The van der Waals surface area contributed by atoms with E-state index in [1.807, 2.05) is 55.6 Å². The first-order valence-corrected chi connectivity index (χ1v) is 10.9. The van der Waals surface area contributed by atoms with Crippen molar-refractivity contribution in [3.63, 3.8) is 0 Å². The molecule has 31 heavy (non-hydrogen) atoms. The number of hydrogen-bond acceptors (Lipinski definition) is 5. The number of thiophene rings is 1. The fraction of sp³-hybridized carbons (Fsp3) is 0.200. The fourth-order valence-electron chi connectivity index (χ4n) is 3.89. The number of benzene rings is 2. The molecule has 1 atom stereocenters. The molecule has 0 spiro atoms. The topological polar surface area (TPSA) is 66.8 Å². The summed E-state index contributed by atoms with van der Waals surface area (Å²) in [5, 5.41) is 13.1. The van der Waals surface area contributed by atoms with Crippen LogP contribution in [0.2, 0.25) is 0 Å². The van der Waals surface area contributed by atoms with Gasteiger partial charge in [0.15, 0.2) is 0 Å². The number of nitrogens with zero attached hydrogens (tertiary/aromatic N) is 1. The molecule has 1 N–H and O–H groups in total. The molecule has 0 bridgehead atoms. The highest BCUT2D eigenvalue weighted by Gasteiger charge is 2.47. The van der Waals surface area contributed by atoms with E-state index in [1.54, 1.807) is 31.4 Å². The maximum atomic E-state index is 13.1. The molecule has 1 amide bonds. The van der Waals surface area contributed by atoms with Crippen molar-refractivity contribution in [1.29, 1.82) is 0 Å². The zero-order valence-corrected chi connectivity index (χ0v) is 18.3.